The van der Waals surface area contributed by atoms with E-state index < -0.39 is 0 Å². The lowest BCUT2D eigenvalue weighted by Gasteiger charge is -2.40. The van der Waals surface area contributed by atoms with E-state index >= 15 is 0 Å². The van der Waals surface area contributed by atoms with E-state index in [0.717, 1.165) is 64.7 Å². The zero-order valence-corrected chi connectivity index (χ0v) is 14.4. The number of aryl methyl sites for hydroxylation is 1. The van der Waals surface area contributed by atoms with Crippen LogP contribution in [0.5, 0.6) is 0 Å². The maximum Gasteiger partial charge on any atom is 0.230 e. The van der Waals surface area contributed by atoms with Gasteiger partial charge in [-0.25, -0.2) is 0 Å². The Morgan fingerprint density at radius 2 is 1.79 bits per heavy atom. The summed E-state index contributed by atoms with van der Waals surface area (Å²) in [5.74, 6) is 0.368. The predicted octanol–water partition coefficient (Wildman–Crippen LogP) is 2.16. The van der Waals surface area contributed by atoms with Crippen LogP contribution in [0.4, 0.5) is 0 Å². The average Bonchev–Trinajstić information content (AvgIpc) is 3.07. The minimum absolute atomic E-state index is 0.0542. The Balaban J connectivity index is 1.40. The molecule has 0 aromatic heterocycles. The Bertz CT molecular complexity index is 595. The highest BCUT2D eigenvalue weighted by Gasteiger charge is 2.35. The minimum atomic E-state index is -0.169. The molecule has 1 saturated carbocycles. The van der Waals surface area contributed by atoms with Crippen LogP contribution in [0.3, 0.4) is 0 Å². The third-order valence-electron chi connectivity index (χ3n) is 6.21. The molecule has 0 radical (unpaired) electrons. The molecule has 1 N–H and O–H groups in total. The summed E-state index contributed by atoms with van der Waals surface area (Å²) in [5, 5.41) is 10.1. The summed E-state index contributed by atoms with van der Waals surface area (Å²) < 4.78 is 0. The fraction of sp³-hybridized carbons (Fsp3) is 0.650. The number of rotatable bonds is 2. The van der Waals surface area contributed by atoms with Crippen LogP contribution in [0.15, 0.2) is 24.3 Å². The summed E-state index contributed by atoms with van der Waals surface area (Å²) >= 11 is 0. The van der Waals surface area contributed by atoms with Gasteiger partial charge in [0.2, 0.25) is 5.91 Å². The molecule has 0 spiro atoms. The number of aliphatic hydroxyl groups is 1. The highest BCUT2D eigenvalue weighted by molar-refractivity contribution is 5.84. The molecule has 4 rings (SSSR count). The number of hydrogen-bond donors (Lipinski definition) is 1. The number of carbonyl (C=O) groups is 1. The van der Waals surface area contributed by atoms with E-state index in [2.05, 4.69) is 34.1 Å². The third-order valence-corrected chi connectivity index (χ3v) is 6.21. The highest BCUT2D eigenvalue weighted by Crippen LogP contribution is 2.33. The Labute approximate surface area is 144 Å². The Hall–Kier alpha value is -1.39. The number of hydrogen-bond acceptors (Lipinski definition) is 3. The first kappa shape index (κ1) is 16.1. The zero-order chi connectivity index (χ0) is 16.5. The van der Waals surface area contributed by atoms with Gasteiger partial charge in [0.15, 0.2) is 0 Å². The van der Waals surface area contributed by atoms with Crippen molar-refractivity contribution >= 4 is 5.91 Å². The molecule has 3 aliphatic rings. The molecule has 1 aliphatic heterocycles. The molecule has 0 bridgehead atoms. The van der Waals surface area contributed by atoms with Gasteiger partial charge in [-0.15, -0.1) is 0 Å². The molecule has 2 fully saturated rings. The normalized spacial score (nSPS) is 31.0. The first-order valence-electron chi connectivity index (χ1n) is 9.53. The van der Waals surface area contributed by atoms with E-state index in [1.54, 1.807) is 0 Å². The average molecular weight is 328 g/mol. The first-order chi connectivity index (χ1) is 11.7. The maximum atomic E-state index is 13.1. The predicted molar refractivity (Wildman–Crippen MR) is 93.9 cm³/mol. The van der Waals surface area contributed by atoms with Crippen LogP contribution < -0.4 is 0 Å². The number of aliphatic hydroxyl groups excluding tert-OH is 1. The van der Waals surface area contributed by atoms with Gasteiger partial charge in [-0.05, 0) is 49.7 Å². The second kappa shape index (κ2) is 6.85. The van der Waals surface area contributed by atoms with Crippen LogP contribution in [0.25, 0.3) is 0 Å². The smallest absolute Gasteiger partial charge is 0.230 e. The van der Waals surface area contributed by atoms with Gasteiger partial charge in [-0.1, -0.05) is 24.3 Å². The summed E-state index contributed by atoms with van der Waals surface area (Å²) in [4.78, 5) is 17.5. The SMILES string of the molecule is O=C([C@@H]1CCCc2ccccc21)N1CCN([C@@H]2CCC[C@@H]2O)CC1. The van der Waals surface area contributed by atoms with E-state index in [0.29, 0.717) is 11.9 Å². The topological polar surface area (TPSA) is 43.8 Å². The molecule has 3 atom stereocenters. The molecule has 2 aliphatic carbocycles. The summed E-state index contributed by atoms with van der Waals surface area (Å²) in [7, 11) is 0. The number of benzene rings is 1. The summed E-state index contributed by atoms with van der Waals surface area (Å²) in [6.45, 7) is 3.42. The molecule has 4 nitrogen and oxygen atoms in total. The van der Waals surface area contributed by atoms with E-state index in [-0.39, 0.29) is 12.0 Å². The Morgan fingerprint density at radius 1 is 1.00 bits per heavy atom. The Kier molecular flexibility index (Phi) is 4.59. The first-order valence-corrected chi connectivity index (χ1v) is 9.53. The van der Waals surface area contributed by atoms with Gasteiger partial charge in [-0.3, -0.25) is 9.69 Å². The fourth-order valence-electron chi connectivity index (χ4n) is 4.85. The second-order valence-corrected chi connectivity index (χ2v) is 7.57. The lowest BCUT2D eigenvalue weighted by Crippen LogP contribution is -2.54. The molecule has 4 heteroatoms. The number of fused-ring (bicyclic) bond motifs is 1. The van der Waals surface area contributed by atoms with E-state index in [4.69, 9.17) is 0 Å². The van der Waals surface area contributed by atoms with Gasteiger partial charge >= 0.3 is 0 Å². The quantitative estimate of drug-likeness (QED) is 0.905. The largest absolute Gasteiger partial charge is 0.391 e. The van der Waals surface area contributed by atoms with Gasteiger partial charge in [0.25, 0.3) is 0 Å². The van der Waals surface area contributed by atoms with Crippen LogP contribution in [0, 0.1) is 0 Å². The van der Waals surface area contributed by atoms with Gasteiger partial charge < -0.3 is 10.0 Å². The molecule has 1 amide bonds. The number of carbonyl (C=O) groups excluding carboxylic acids is 1. The molecule has 1 aromatic carbocycles. The van der Waals surface area contributed by atoms with E-state index in [1.807, 2.05) is 0 Å². The molecule has 1 aromatic rings. The molecular formula is C20H28N2O2. The number of amides is 1. The standard InChI is InChI=1S/C20H28N2O2/c23-19-10-4-9-18(19)21-11-13-22(14-12-21)20(24)17-8-3-6-15-5-1-2-7-16(15)17/h1-2,5,7,17-19,23H,3-4,6,8-14H2/t17-,18-,19+/m1/s1. The molecule has 24 heavy (non-hydrogen) atoms. The van der Waals surface area contributed by atoms with Crippen molar-refractivity contribution in [1.82, 2.24) is 9.80 Å². The van der Waals surface area contributed by atoms with Gasteiger partial charge in [0.05, 0.1) is 12.0 Å². The molecule has 1 heterocycles. The molecule has 0 unspecified atom stereocenters. The van der Waals surface area contributed by atoms with E-state index in [9.17, 15) is 9.90 Å². The van der Waals surface area contributed by atoms with Crippen molar-refractivity contribution < 1.29 is 9.90 Å². The maximum absolute atomic E-state index is 13.1. The Morgan fingerprint density at radius 3 is 2.54 bits per heavy atom. The van der Waals surface area contributed by atoms with E-state index in [1.165, 1.54) is 11.1 Å². The summed E-state index contributed by atoms with van der Waals surface area (Å²) in [5.41, 5.74) is 2.61. The second-order valence-electron chi connectivity index (χ2n) is 7.57. The molecule has 130 valence electrons. The third kappa shape index (κ3) is 2.98. The van der Waals surface area contributed by atoms with Crippen molar-refractivity contribution in [1.29, 1.82) is 0 Å². The summed E-state index contributed by atoms with van der Waals surface area (Å²) in [6, 6.07) is 8.77. The molecule has 1 saturated heterocycles. The number of nitrogens with zero attached hydrogens (tertiary/aromatic N) is 2. The van der Waals surface area contributed by atoms with Crippen LogP contribution in [-0.4, -0.2) is 59.1 Å². The summed E-state index contributed by atoms with van der Waals surface area (Å²) in [6.07, 6.45) is 6.20. The number of piperazine rings is 1. The van der Waals surface area contributed by atoms with Crippen molar-refractivity contribution in [2.24, 2.45) is 0 Å². The lowest BCUT2D eigenvalue weighted by molar-refractivity contribution is -0.135. The van der Waals surface area contributed by atoms with Crippen molar-refractivity contribution in [3.05, 3.63) is 35.4 Å². The monoisotopic (exact) mass is 328 g/mol. The van der Waals surface area contributed by atoms with Crippen molar-refractivity contribution in [3.8, 4) is 0 Å². The van der Waals surface area contributed by atoms with Crippen molar-refractivity contribution in [2.45, 2.75) is 56.6 Å². The van der Waals surface area contributed by atoms with Gasteiger partial charge in [0, 0.05) is 32.2 Å². The zero-order valence-electron chi connectivity index (χ0n) is 14.4. The minimum Gasteiger partial charge on any atom is -0.391 e. The van der Waals surface area contributed by atoms with Crippen molar-refractivity contribution in [2.75, 3.05) is 26.2 Å². The lowest BCUT2D eigenvalue weighted by atomic mass is 9.82. The van der Waals surface area contributed by atoms with Crippen LogP contribution in [-0.2, 0) is 11.2 Å². The van der Waals surface area contributed by atoms with Crippen LogP contribution in [0.1, 0.15) is 49.1 Å². The van der Waals surface area contributed by atoms with Crippen LogP contribution >= 0.6 is 0 Å². The highest BCUT2D eigenvalue weighted by atomic mass is 16.3. The van der Waals surface area contributed by atoms with Gasteiger partial charge in [-0.2, -0.15) is 0 Å². The molecular weight excluding hydrogens is 300 g/mol. The fourth-order valence-corrected chi connectivity index (χ4v) is 4.85. The van der Waals surface area contributed by atoms with Gasteiger partial charge in [0.1, 0.15) is 0 Å². The van der Waals surface area contributed by atoms with Crippen molar-refractivity contribution in [3.63, 3.8) is 0 Å². The van der Waals surface area contributed by atoms with Crippen LogP contribution in [0.2, 0.25) is 0 Å².